The number of Topliss-reactive ketones (excluding diaryl/α,β-unsaturated/α-hetero) is 1. The lowest BCUT2D eigenvalue weighted by atomic mass is 9.94. The second-order valence-corrected chi connectivity index (χ2v) is 5.26. The van der Waals surface area contributed by atoms with Crippen LogP contribution < -0.4 is 4.90 Å². The molecule has 0 atom stereocenters. The number of ketones is 1. The van der Waals surface area contributed by atoms with Crippen LogP contribution in [0.25, 0.3) is 0 Å². The highest BCUT2D eigenvalue weighted by molar-refractivity contribution is 5.94. The van der Waals surface area contributed by atoms with Gasteiger partial charge in [0.2, 0.25) is 0 Å². The largest absolute Gasteiger partial charge is 0.368 e. The van der Waals surface area contributed by atoms with Gasteiger partial charge in [0.05, 0.1) is 11.9 Å². The smallest absolute Gasteiger partial charge is 0.180 e. The predicted molar refractivity (Wildman–Crippen MR) is 78.8 cm³/mol. The summed E-state index contributed by atoms with van der Waals surface area (Å²) < 4.78 is 0. The van der Waals surface area contributed by atoms with Gasteiger partial charge < -0.3 is 4.90 Å². The molecule has 19 heavy (non-hydrogen) atoms. The molecule has 0 aromatic carbocycles. The van der Waals surface area contributed by atoms with Gasteiger partial charge in [-0.1, -0.05) is 26.2 Å². The van der Waals surface area contributed by atoms with Crippen molar-refractivity contribution in [2.24, 2.45) is 0 Å². The number of anilines is 1. The summed E-state index contributed by atoms with van der Waals surface area (Å²) in [5, 5.41) is 0. The second kappa shape index (κ2) is 6.69. The van der Waals surface area contributed by atoms with Crippen LogP contribution in [0.15, 0.2) is 18.3 Å². The number of pyridine rings is 1. The summed E-state index contributed by atoms with van der Waals surface area (Å²) in [5.41, 5.74) is 1.74. The SMILES string of the molecule is CCC(=O)c1ccc(N(CC)C2CCCCC2)cn1. The van der Waals surface area contributed by atoms with Gasteiger partial charge in [-0.25, -0.2) is 0 Å². The van der Waals surface area contributed by atoms with E-state index in [9.17, 15) is 4.79 Å². The Morgan fingerprint density at radius 2 is 2.00 bits per heavy atom. The van der Waals surface area contributed by atoms with Crippen molar-refractivity contribution < 1.29 is 4.79 Å². The van der Waals surface area contributed by atoms with Crippen molar-refractivity contribution in [2.75, 3.05) is 11.4 Å². The maximum absolute atomic E-state index is 11.6. The molecule has 3 nitrogen and oxygen atoms in total. The van der Waals surface area contributed by atoms with Crippen molar-refractivity contribution in [1.82, 2.24) is 4.98 Å². The van der Waals surface area contributed by atoms with E-state index in [4.69, 9.17) is 0 Å². The average molecular weight is 260 g/mol. The third kappa shape index (κ3) is 3.34. The van der Waals surface area contributed by atoms with Gasteiger partial charge in [-0.3, -0.25) is 9.78 Å². The molecule has 1 aromatic rings. The van der Waals surface area contributed by atoms with Gasteiger partial charge in [-0.05, 0) is 31.9 Å². The molecule has 0 N–H and O–H groups in total. The lowest BCUT2D eigenvalue weighted by Crippen LogP contribution is -2.36. The van der Waals surface area contributed by atoms with E-state index in [1.807, 2.05) is 25.3 Å². The molecule has 1 aliphatic carbocycles. The van der Waals surface area contributed by atoms with Crippen LogP contribution in [0.5, 0.6) is 0 Å². The van der Waals surface area contributed by atoms with E-state index in [0.717, 1.165) is 12.2 Å². The number of nitrogens with zero attached hydrogens (tertiary/aromatic N) is 2. The zero-order chi connectivity index (χ0) is 13.7. The van der Waals surface area contributed by atoms with Crippen LogP contribution in [-0.2, 0) is 0 Å². The van der Waals surface area contributed by atoms with E-state index < -0.39 is 0 Å². The van der Waals surface area contributed by atoms with Crippen LogP contribution in [0, 0.1) is 0 Å². The highest BCUT2D eigenvalue weighted by atomic mass is 16.1. The summed E-state index contributed by atoms with van der Waals surface area (Å²) in [4.78, 5) is 18.3. The molecule has 0 radical (unpaired) electrons. The molecule has 104 valence electrons. The van der Waals surface area contributed by atoms with Crippen LogP contribution in [0.4, 0.5) is 5.69 Å². The van der Waals surface area contributed by atoms with E-state index in [1.165, 1.54) is 32.1 Å². The number of carbonyl (C=O) groups excluding carboxylic acids is 1. The minimum atomic E-state index is 0.118. The fourth-order valence-electron chi connectivity index (χ4n) is 2.95. The van der Waals surface area contributed by atoms with Crippen molar-refractivity contribution in [3.63, 3.8) is 0 Å². The topological polar surface area (TPSA) is 33.2 Å². The minimum absolute atomic E-state index is 0.118. The standard InChI is InChI=1S/C16H24N2O/c1-3-16(19)15-11-10-14(12-17-15)18(4-2)13-8-6-5-7-9-13/h10-13H,3-9H2,1-2H3. The monoisotopic (exact) mass is 260 g/mol. The van der Waals surface area contributed by atoms with E-state index >= 15 is 0 Å². The molecule has 1 heterocycles. The molecule has 0 spiro atoms. The average Bonchev–Trinajstić information content (AvgIpc) is 2.49. The third-order valence-corrected chi connectivity index (χ3v) is 4.04. The molecular formula is C16H24N2O. The molecule has 0 amide bonds. The van der Waals surface area contributed by atoms with Gasteiger partial charge in [0.25, 0.3) is 0 Å². The summed E-state index contributed by atoms with van der Waals surface area (Å²) in [6.07, 6.45) is 8.98. The summed E-state index contributed by atoms with van der Waals surface area (Å²) in [7, 11) is 0. The first-order chi connectivity index (χ1) is 9.26. The van der Waals surface area contributed by atoms with E-state index in [2.05, 4.69) is 16.8 Å². The summed E-state index contributed by atoms with van der Waals surface area (Å²) in [5.74, 6) is 0.118. The Morgan fingerprint density at radius 3 is 2.53 bits per heavy atom. The van der Waals surface area contributed by atoms with E-state index in [-0.39, 0.29) is 5.78 Å². The van der Waals surface area contributed by atoms with Crippen molar-refractivity contribution in [2.45, 2.75) is 58.4 Å². The molecule has 1 saturated carbocycles. The lowest BCUT2D eigenvalue weighted by molar-refractivity contribution is 0.0983. The van der Waals surface area contributed by atoms with Crippen molar-refractivity contribution >= 4 is 11.5 Å². The Kier molecular flexibility index (Phi) is 4.94. The second-order valence-electron chi connectivity index (χ2n) is 5.26. The molecule has 0 bridgehead atoms. The van der Waals surface area contributed by atoms with Gasteiger partial charge in [0.1, 0.15) is 5.69 Å². The summed E-state index contributed by atoms with van der Waals surface area (Å²) in [6.45, 7) is 5.07. The number of aromatic nitrogens is 1. The predicted octanol–water partition coefficient (Wildman–Crippen LogP) is 3.83. The van der Waals surface area contributed by atoms with Crippen molar-refractivity contribution in [3.8, 4) is 0 Å². The number of hydrogen-bond donors (Lipinski definition) is 0. The number of carbonyl (C=O) groups is 1. The first-order valence-electron chi connectivity index (χ1n) is 7.52. The maximum atomic E-state index is 11.6. The van der Waals surface area contributed by atoms with E-state index in [1.54, 1.807) is 0 Å². The van der Waals surface area contributed by atoms with Gasteiger partial charge in [-0.2, -0.15) is 0 Å². The Hall–Kier alpha value is -1.38. The first-order valence-corrected chi connectivity index (χ1v) is 7.52. The molecule has 0 aliphatic heterocycles. The van der Waals surface area contributed by atoms with Crippen molar-refractivity contribution in [3.05, 3.63) is 24.0 Å². The molecule has 0 unspecified atom stereocenters. The molecule has 1 fully saturated rings. The fourth-order valence-corrected chi connectivity index (χ4v) is 2.95. The minimum Gasteiger partial charge on any atom is -0.368 e. The Balaban J connectivity index is 2.12. The third-order valence-electron chi connectivity index (χ3n) is 4.04. The zero-order valence-electron chi connectivity index (χ0n) is 12.1. The Morgan fingerprint density at radius 1 is 1.26 bits per heavy atom. The maximum Gasteiger partial charge on any atom is 0.180 e. The highest BCUT2D eigenvalue weighted by Gasteiger charge is 2.20. The van der Waals surface area contributed by atoms with Crippen LogP contribution in [-0.4, -0.2) is 23.4 Å². The number of hydrogen-bond acceptors (Lipinski definition) is 3. The first kappa shape index (κ1) is 14.0. The van der Waals surface area contributed by atoms with Gasteiger partial charge >= 0.3 is 0 Å². The van der Waals surface area contributed by atoms with Crippen LogP contribution in [0.3, 0.4) is 0 Å². The summed E-state index contributed by atoms with van der Waals surface area (Å²) in [6, 6.07) is 4.56. The summed E-state index contributed by atoms with van der Waals surface area (Å²) >= 11 is 0. The zero-order valence-corrected chi connectivity index (χ0v) is 12.1. The van der Waals surface area contributed by atoms with Gasteiger partial charge in [0.15, 0.2) is 5.78 Å². The van der Waals surface area contributed by atoms with Crippen LogP contribution in [0.1, 0.15) is 62.9 Å². The van der Waals surface area contributed by atoms with Crippen molar-refractivity contribution in [1.29, 1.82) is 0 Å². The van der Waals surface area contributed by atoms with Gasteiger partial charge in [0, 0.05) is 19.0 Å². The fraction of sp³-hybridized carbons (Fsp3) is 0.625. The molecule has 3 heteroatoms. The molecule has 1 aliphatic rings. The molecule has 0 saturated heterocycles. The lowest BCUT2D eigenvalue weighted by Gasteiger charge is -2.35. The molecule has 1 aromatic heterocycles. The number of rotatable bonds is 5. The molecular weight excluding hydrogens is 236 g/mol. The van der Waals surface area contributed by atoms with Crippen LogP contribution >= 0.6 is 0 Å². The Bertz CT molecular complexity index is 407. The molecule has 2 rings (SSSR count). The van der Waals surface area contributed by atoms with Crippen LogP contribution in [0.2, 0.25) is 0 Å². The highest BCUT2D eigenvalue weighted by Crippen LogP contribution is 2.26. The van der Waals surface area contributed by atoms with E-state index in [0.29, 0.717) is 18.2 Å². The van der Waals surface area contributed by atoms with Gasteiger partial charge in [-0.15, -0.1) is 0 Å². The normalized spacial score (nSPS) is 16.3. The Labute approximate surface area is 116 Å². The quantitative estimate of drug-likeness (QED) is 0.754.